The van der Waals surface area contributed by atoms with E-state index in [1.807, 2.05) is 32.2 Å². The summed E-state index contributed by atoms with van der Waals surface area (Å²) in [6, 6.07) is 7.77. The van der Waals surface area contributed by atoms with E-state index < -0.39 is 0 Å². The fraction of sp³-hybridized carbons (Fsp3) is 0.231. The predicted octanol–water partition coefficient (Wildman–Crippen LogP) is 2.75. The second-order valence-corrected chi connectivity index (χ2v) is 4.24. The molecule has 4 heteroatoms. The molecule has 17 heavy (non-hydrogen) atoms. The van der Waals surface area contributed by atoms with E-state index in [4.69, 9.17) is 11.6 Å². The zero-order valence-corrected chi connectivity index (χ0v) is 10.6. The van der Waals surface area contributed by atoms with Gasteiger partial charge in [0.2, 0.25) is 0 Å². The molecule has 0 spiro atoms. The third-order valence-electron chi connectivity index (χ3n) is 2.66. The van der Waals surface area contributed by atoms with Gasteiger partial charge in [-0.1, -0.05) is 23.7 Å². The molecule has 1 atom stereocenters. The van der Waals surface area contributed by atoms with Gasteiger partial charge < -0.3 is 5.32 Å². The molecule has 0 saturated heterocycles. The van der Waals surface area contributed by atoms with Gasteiger partial charge in [0.05, 0.1) is 6.04 Å². The molecule has 0 aliphatic heterocycles. The van der Waals surface area contributed by atoms with Gasteiger partial charge in [0.25, 0.3) is 0 Å². The average molecular weight is 248 g/mol. The Morgan fingerprint density at radius 3 is 2.53 bits per heavy atom. The van der Waals surface area contributed by atoms with Gasteiger partial charge in [-0.3, -0.25) is 0 Å². The van der Waals surface area contributed by atoms with Gasteiger partial charge >= 0.3 is 0 Å². The van der Waals surface area contributed by atoms with Gasteiger partial charge in [-0.05, 0) is 37.2 Å². The molecule has 0 aliphatic rings. The summed E-state index contributed by atoms with van der Waals surface area (Å²) >= 11 is 6.13. The summed E-state index contributed by atoms with van der Waals surface area (Å²) in [5.74, 6) is 0.745. The minimum atomic E-state index is -0.0331. The van der Waals surface area contributed by atoms with E-state index in [-0.39, 0.29) is 6.04 Å². The number of aromatic nitrogens is 2. The van der Waals surface area contributed by atoms with Crippen molar-refractivity contribution in [1.82, 2.24) is 15.3 Å². The van der Waals surface area contributed by atoms with Crippen molar-refractivity contribution in [3.05, 3.63) is 58.6 Å². The van der Waals surface area contributed by atoms with Crippen molar-refractivity contribution in [2.24, 2.45) is 0 Å². The lowest BCUT2D eigenvalue weighted by atomic mass is 10.0. The summed E-state index contributed by atoms with van der Waals surface area (Å²) < 4.78 is 0. The SMILES string of the molecule is CNC(c1ccc(C)c(Cl)c1)c1ncccn1. The quantitative estimate of drug-likeness (QED) is 0.906. The van der Waals surface area contributed by atoms with Crippen LogP contribution < -0.4 is 5.32 Å². The molecule has 0 saturated carbocycles. The third-order valence-corrected chi connectivity index (χ3v) is 3.07. The summed E-state index contributed by atoms with van der Waals surface area (Å²) in [5, 5.41) is 3.96. The molecule has 0 radical (unpaired) electrons. The van der Waals surface area contributed by atoms with E-state index in [0.29, 0.717) is 0 Å². The summed E-state index contributed by atoms with van der Waals surface area (Å²) in [4.78, 5) is 8.52. The molecular weight excluding hydrogens is 234 g/mol. The van der Waals surface area contributed by atoms with E-state index >= 15 is 0 Å². The van der Waals surface area contributed by atoms with E-state index in [0.717, 1.165) is 22.0 Å². The van der Waals surface area contributed by atoms with Gasteiger partial charge in [-0.15, -0.1) is 0 Å². The second kappa shape index (κ2) is 5.25. The number of nitrogens with zero attached hydrogens (tertiary/aromatic N) is 2. The summed E-state index contributed by atoms with van der Waals surface area (Å²) in [7, 11) is 1.88. The summed E-state index contributed by atoms with van der Waals surface area (Å²) in [5.41, 5.74) is 2.13. The van der Waals surface area contributed by atoms with Crippen molar-refractivity contribution < 1.29 is 0 Å². The van der Waals surface area contributed by atoms with Crippen LogP contribution in [0.15, 0.2) is 36.7 Å². The summed E-state index contributed by atoms with van der Waals surface area (Å²) in [6.07, 6.45) is 3.48. The Balaban J connectivity index is 2.39. The van der Waals surface area contributed by atoms with Crippen LogP contribution in [0.4, 0.5) is 0 Å². The highest BCUT2D eigenvalue weighted by atomic mass is 35.5. The van der Waals surface area contributed by atoms with E-state index in [1.165, 1.54) is 0 Å². The van der Waals surface area contributed by atoms with E-state index in [9.17, 15) is 0 Å². The molecule has 1 N–H and O–H groups in total. The van der Waals surface area contributed by atoms with Crippen molar-refractivity contribution in [3.63, 3.8) is 0 Å². The zero-order valence-electron chi connectivity index (χ0n) is 9.81. The van der Waals surface area contributed by atoms with Crippen LogP contribution in [0.25, 0.3) is 0 Å². The van der Waals surface area contributed by atoms with Gasteiger partial charge in [-0.25, -0.2) is 9.97 Å². The number of nitrogens with one attached hydrogen (secondary N) is 1. The van der Waals surface area contributed by atoms with Crippen LogP contribution in [-0.4, -0.2) is 17.0 Å². The number of benzene rings is 1. The molecule has 0 aliphatic carbocycles. The Labute approximate surface area is 106 Å². The molecule has 2 rings (SSSR count). The molecule has 1 aromatic carbocycles. The van der Waals surface area contributed by atoms with Crippen LogP contribution >= 0.6 is 11.6 Å². The first-order valence-electron chi connectivity index (χ1n) is 5.42. The Hall–Kier alpha value is -1.45. The first-order chi connectivity index (χ1) is 8.22. The topological polar surface area (TPSA) is 37.8 Å². The number of rotatable bonds is 3. The first-order valence-corrected chi connectivity index (χ1v) is 5.80. The molecule has 1 unspecified atom stereocenters. The average Bonchev–Trinajstić information content (AvgIpc) is 2.36. The zero-order chi connectivity index (χ0) is 12.3. The molecule has 0 bridgehead atoms. The van der Waals surface area contributed by atoms with Crippen molar-refractivity contribution in [2.75, 3.05) is 7.05 Å². The number of halogens is 1. The standard InChI is InChI=1S/C13H14ClN3/c1-9-4-5-10(8-11(9)14)12(15-2)13-16-6-3-7-17-13/h3-8,12,15H,1-2H3. The minimum Gasteiger partial charge on any atom is -0.307 e. The van der Waals surface area contributed by atoms with Crippen LogP contribution in [0, 0.1) is 6.92 Å². The Morgan fingerprint density at radius 2 is 1.94 bits per heavy atom. The van der Waals surface area contributed by atoms with Crippen LogP contribution in [0.1, 0.15) is 23.0 Å². The molecular formula is C13H14ClN3. The Bertz CT molecular complexity index is 499. The molecule has 1 aromatic heterocycles. The molecule has 1 heterocycles. The van der Waals surface area contributed by atoms with Crippen molar-refractivity contribution in [2.45, 2.75) is 13.0 Å². The first kappa shape index (κ1) is 12.0. The maximum Gasteiger partial charge on any atom is 0.149 e. The monoisotopic (exact) mass is 247 g/mol. The van der Waals surface area contributed by atoms with Crippen LogP contribution in [0.2, 0.25) is 5.02 Å². The maximum atomic E-state index is 6.13. The normalized spacial score (nSPS) is 12.4. The number of hydrogen-bond donors (Lipinski definition) is 1. The number of hydrogen-bond acceptors (Lipinski definition) is 3. The predicted molar refractivity (Wildman–Crippen MR) is 69.1 cm³/mol. The van der Waals surface area contributed by atoms with Crippen LogP contribution in [0.5, 0.6) is 0 Å². The van der Waals surface area contributed by atoms with Crippen molar-refractivity contribution >= 4 is 11.6 Å². The van der Waals surface area contributed by atoms with Gasteiger partial charge in [0.1, 0.15) is 5.82 Å². The second-order valence-electron chi connectivity index (χ2n) is 3.84. The van der Waals surface area contributed by atoms with Crippen LogP contribution in [0.3, 0.4) is 0 Å². The molecule has 0 amide bonds. The summed E-state index contributed by atoms with van der Waals surface area (Å²) in [6.45, 7) is 1.99. The van der Waals surface area contributed by atoms with Gasteiger partial charge in [-0.2, -0.15) is 0 Å². The maximum absolute atomic E-state index is 6.13. The van der Waals surface area contributed by atoms with E-state index in [2.05, 4.69) is 15.3 Å². The molecule has 88 valence electrons. The van der Waals surface area contributed by atoms with Crippen molar-refractivity contribution in [3.8, 4) is 0 Å². The highest BCUT2D eigenvalue weighted by Gasteiger charge is 2.14. The lowest BCUT2D eigenvalue weighted by molar-refractivity contribution is 0.646. The fourth-order valence-corrected chi connectivity index (χ4v) is 1.88. The number of aryl methyl sites for hydroxylation is 1. The fourth-order valence-electron chi connectivity index (χ4n) is 1.69. The molecule has 2 aromatic rings. The molecule has 0 fully saturated rings. The largest absolute Gasteiger partial charge is 0.307 e. The van der Waals surface area contributed by atoms with E-state index in [1.54, 1.807) is 18.5 Å². The lowest BCUT2D eigenvalue weighted by Crippen LogP contribution is -2.20. The van der Waals surface area contributed by atoms with Gasteiger partial charge in [0, 0.05) is 17.4 Å². The minimum absolute atomic E-state index is 0.0331. The Morgan fingerprint density at radius 1 is 1.24 bits per heavy atom. The lowest BCUT2D eigenvalue weighted by Gasteiger charge is -2.15. The van der Waals surface area contributed by atoms with Crippen LogP contribution in [-0.2, 0) is 0 Å². The van der Waals surface area contributed by atoms with Gasteiger partial charge in [0.15, 0.2) is 0 Å². The third kappa shape index (κ3) is 2.62. The Kier molecular flexibility index (Phi) is 3.71. The highest BCUT2D eigenvalue weighted by molar-refractivity contribution is 6.31. The highest BCUT2D eigenvalue weighted by Crippen LogP contribution is 2.23. The molecule has 3 nitrogen and oxygen atoms in total. The smallest absolute Gasteiger partial charge is 0.149 e. The van der Waals surface area contributed by atoms with Crippen molar-refractivity contribution in [1.29, 1.82) is 0 Å².